The number of nitro groups is 1. The van der Waals surface area contributed by atoms with Crippen LogP contribution in [0.25, 0.3) is 11.5 Å². The van der Waals surface area contributed by atoms with E-state index in [1.165, 1.54) is 17.8 Å². The van der Waals surface area contributed by atoms with E-state index in [0.29, 0.717) is 48.0 Å². The van der Waals surface area contributed by atoms with Crippen molar-refractivity contribution in [3.63, 3.8) is 0 Å². The van der Waals surface area contributed by atoms with Gasteiger partial charge in [0.2, 0.25) is 11.8 Å². The van der Waals surface area contributed by atoms with Gasteiger partial charge in [0.25, 0.3) is 10.9 Å². The molecule has 9 nitrogen and oxygen atoms in total. The fraction of sp³-hybridized carbons (Fsp3) is 0.318. The Morgan fingerprint density at radius 1 is 1.12 bits per heavy atom. The first-order valence-electron chi connectivity index (χ1n) is 10.3. The lowest BCUT2D eigenvalue weighted by atomic mass is 10.1. The Morgan fingerprint density at radius 3 is 2.48 bits per heavy atom. The maximum Gasteiger partial charge on any atom is 0.294 e. The molecular weight excluding hydrogens is 466 g/mol. The molecule has 1 amide bonds. The molecule has 0 saturated carbocycles. The summed E-state index contributed by atoms with van der Waals surface area (Å²) >= 11 is 7.11. The minimum atomic E-state index is -0.438. The van der Waals surface area contributed by atoms with Gasteiger partial charge in [-0.1, -0.05) is 40.6 Å². The summed E-state index contributed by atoms with van der Waals surface area (Å²) in [5.41, 5.74) is 3.54. The third-order valence-corrected chi connectivity index (χ3v) is 6.34. The quantitative estimate of drug-likeness (QED) is 0.287. The zero-order valence-corrected chi connectivity index (χ0v) is 19.7. The summed E-state index contributed by atoms with van der Waals surface area (Å²) < 4.78 is 5.72. The fourth-order valence-electron chi connectivity index (χ4n) is 3.80. The minimum absolute atomic E-state index is 0.0335. The average molecular weight is 488 g/mol. The molecule has 3 aromatic rings. The van der Waals surface area contributed by atoms with Crippen molar-refractivity contribution in [1.82, 2.24) is 15.1 Å². The van der Waals surface area contributed by atoms with E-state index in [9.17, 15) is 14.9 Å². The Kier molecular flexibility index (Phi) is 6.85. The Bertz CT molecular complexity index is 1170. The molecule has 1 fully saturated rings. The summed E-state index contributed by atoms with van der Waals surface area (Å²) in [4.78, 5) is 27.2. The molecule has 1 aliphatic heterocycles. The second-order valence-electron chi connectivity index (χ2n) is 7.80. The normalized spacial score (nSPS) is 13.9. The molecule has 0 radical (unpaired) electrons. The number of aromatic nitrogens is 2. The van der Waals surface area contributed by atoms with Crippen LogP contribution in [0.4, 0.5) is 11.4 Å². The fourth-order valence-corrected chi connectivity index (χ4v) is 4.64. The number of hydrogen-bond donors (Lipinski definition) is 0. The number of thioether (sulfide) groups is 1. The standard InChI is InChI=1S/C22H22ClN5O4S/c1-14-9-15(2)11-16(10-14)21-24-25-22(32-21)33-13-20(29)27-7-5-26(6-8-27)18-4-3-17(23)12-19(18)28(30)31/h3-4,9-12H,5-8,13H2,1-2H3. The molecule has 1 saturated heterocycles. The van der Waals surface area contributed by atoms with Gasteiger partial charge in [0.1, 0.15) is 5.69 Å². The van der Waals surface area contributed by atoms with E-state index in [1.807, 2.05) is 30.9 Å². The van der Waals surface area contributed by atoms with Crippen LogP contribution in [0, 0.1) is 24.0 Å². The van der Waals surface area contributed by atoms with Gasteiger partial charge in [-0.15, -0.1) is 10.2 Å². The van der Waals surface area contributed by atoms with E-state index in [2.05, 4.69) is 16.3 Å². The highest BCUT2D eigenvalue weighted by molar-refractivity contribution is 7.99. The Morgan fingerprint density at radius 2 is 1.82 bits per heavy atom. The monoisotopic (exact) mass is 487 g/mol. The van der Waals surface area contributed by atoms with Crippen LogP contribution in [-0.4, -0.2) is 57.9 Å². The largest absolute Gasteiger partial charge is 0.411 e. The highest BCUT2D eigenvalue weighted by Crippen LogP contribution is 2.32. The van der Waals surface area contributed by atoms with E-state index in [0.717, 1.165) is 16.7 Å². The first-order chi connectivity index (χ1) is 15.8. The van der Waals surface area contributed by atoms with E-state index >= 15 is 0 Å². The van der Waals surface area contributed by atoms with E-state index in [4.69, 9.17) is 16.0 Å². The van der Waals surface area contributed by atoms with E-state index in [1.54, 1.807) is 17.0 Å². The maximum absolute atomic E-state index is 12.7. The first-order valence-corrected chi connectivity index (χ1v) is 11.7. The van der Waals surface area contributed by atoms with Gasteiger partial charge in [-0.05, 0) is 38.1 Å². The number of nitrogens with zero attached hydrogens (tertiary/aromatic N) is 5. The number of aryl methyl sites for hydroxylation is 2. The molecule has 0 bridgehead atoms. The van der Waals surface area contributed by atoms with Crippen LogP contribution in [0.1, 0.15) is 11.1 Å². The number of hydrogen-bond acceptors (Lipinski definition) is 8. The van der Waals surface area contributed by atoms with Crippen molar-refractivity contribution in [2.45, 2.75) is 19.1 Å². The molecule has 1 aliphatic rings. The number of nitro benzene ring substituents is 1. The van der Waals surface area contributed by atoms with Gasteiger partial charge in [-0.3, -0.25) is 14.9 Å². The van der Waals surface area contributed by atoms with Crippen molar-refractivity contribution in [1.29, 1.82) is 0 Å². The second kappa shape index (κ2) is 9.80. The molecule has 0 unspecified atom stereocenters. The highest BCUT2D eigenvalue weighted by Gasteiger charge is 2.26. The zero-order chi connectivity index (χ0) is 23.5. The van der Waals surface area contributed by atoms with Gasteiger partial charge in [0.05, 0.1) is 10.7 Å². The van der Waals surface area contributed by atoms with Crippen LogP contribution in [0.2, 0.25) is 5.02 Å². The number of carbonyl (C=O) groups excluding carboxylic acids is 1. The number of amides is 1. The lowest BCUT2D eigenvalue weighted by Crippen LogP contribution is -2.49. The highest BCUT2D eigenvalue weighted by atomic mass is 35.5. The Labute approximate surface area is 199 Å². The van der Waals surface area contributed by atoms with Crippen molar-refractivity contribution < 1.29 is 14.1 Å². The Balaban J connectivity index is 1.32. The summed E-state index contributed by atoms with van der Waals surface area (Å²) in [6.45, 7) is 5.94. The predicted molar refractivity (Wildman–Crippen MR) is 127 cm³/mol. The Hall–Kier alpha value is -3.11. The summed E-state index contributed by atoms with van der Waals surface area (Å²) in [6, 6.07) is 10.7. The maximum atomic E-state index is 12.7. The van der Waals surface area contributed by atoms with Gasteiger partial charge in [0.15, 0.2) is 0 Å². The topological polar surface area (TPSA) is 106 Å². The molecule has 2 heterocycles. The molecule has 33 heavy (non-hydrogen) atoms. The number of anilines is 1. The lowest BCUT2D eigenvalue weighted by molar-refractivity contribution is -0.384. The van der Waals surface area contributed by atoms with Crippen LogP contribution < -0.4 is 4.90 Å². The molecule has 4 rings (SSSR count). The summed E-state index contributed by atoms with van der Waals surface area (Å²) in [5, 5.41) is 20.2. The van der Waals surface area contributed by atoms with Crippen LogP contribution in [0.3, 0.4) is 0 Å². The molecule has 0 aliphatic carbocycles. The van der Waals surface area contributed by atoms with Gasteiger partial charge >= 0.3 is 0 Å². The van der Waals surface area contributed by atoms with Crippen LogP contribution in [0.15, 0.2) is 46.0 Å². The molecule has 2 aromatic carbocycles. The number of rotatable bonds is 6. The lowest BCUT2D eigenvalue weighted by Gasteiger charge is -2.35. The van der Waals surface area contributed by atoms with Gasteiger partial charge in [-0.25, -0.2) is 0 Å². The van der Waals surface area contributed by atoms with Crippen molar-refractivity contribution in [3.8, 4) is 11.5 Å². The van der Waals surface area contributed by atoms with Crippen LogP contribution in [0.5, 0.6) is 0 Å². The first kappa shape index (κ1) is 23.1. The number of benzene rings is 2. The molecule has 11 heteroatoms. The average Bonchev–Trinajstić information content (AvgIpc) is 3.26. The number of halogens is 1. The second-order valence-corrected chi connectivity index (χ2v) is 9.16. The molecule has 0 atom stereocenters. The van der Waals surface area contributed by atoms with Crippen molar-refractivity contribution in [3.05, 3.63) is 62.7 Å². The van der Waals surface area contributed by atoms with E-state index in [-0.39, 0.29) is 17.3 Å². The minimum Gasteiger partial charge on any atom is -0.411 e. The van der Waals surface area contributed by atoms with Crippen molar-refractivity contribution in [2.75, 3.05) is 36.8 Å². The van der Waals surface area contributed by atoms with E-state index < -0.39 is 4.92 Å². The van der Waals surface area contributed by atoms with Crippen LogP contribution >= 0.6 is 23.4 Å². The molecule has 0 N–H and O–H groups in total. The third-order valence-electron chi connectivity index (χ3n) is 5.30. The predicted octanol–water partition coefficient (Wildman–Crippen LogP) is 4.36. The van der Waals surface area contributed by atoms with Gasteiger partial charge in [-0.2, -0.15) is 0 Å². The summed E-state index contributed by atoms with van der Waals surface area (Å²) in [7, 11) is 0. The zero-order valence-electron chi connectivity index (χ0n) is 18.2. The SMILES string of the molecule is Cc1cc(C)cc(-c2nnc(SCC(=O)N3CCN(c4ccc(Cl)cc4[N+](=O)[O-])CC3)o2)c1. The van der Waals surface area contributed by atoms with Crippen molar-refractivity contribution >= 4 is 40.6 Å². The summed E-state index contributed by atoms with van der Waals surface area (Å²) in [5.74, 6) is 0.557. The number of piperazine rings is 1. The molecular formula is C22H22ClN5O4S. The summed E-state index contributed by atoms with van der Waals surface area (Å²) in [6.07, 6.45) is 0. The van der Waals surface area contributed by atoms with Gasteiger partial charge in [0, 0.05) is 42.8 Å². The smallest absolute Gasteiger partial charge is 0.294 e. The third kappa shape index (κ3) is 5.45. The van der Waals surface area contributed by atoms with Gasteiger partial charge < -0.3 is 14.2 Å². The number of carbonyl (C=O) groups is 1. The molecule has 172 valence electrons. The van der Waals surface area contributed by atoms with Crippen molar-refractivity contribution in [2.24, 2.45) is 0 Å². The molecule has 0 spiro atoms. The van der Waals surface area contributed by atoms with Crippen LogP contribution in [-0.2, 0) is 4.79 Å². The molecule has 1 aromatic heterocycles.